The molecule has 0 aromatic carbocycles. The largest absolute Gasteiger partial charge is 0.463 e. The van der Waals surface area contributed by atoms with E-state index >= 15 is 0 Å². The topological polar surface area (TPSA) is 61.0 Å². The molecule has 1 rings (SSSR count). The number of alkyl halides is 7. The maximum Gasteiger partial charge on any atom is 0.459 e. The Hall–Kier alpha value is -1.88. The van der Waals surface area contributed by atoms with E-state index in [1.165, 1.54) is 0 Å². The molecule has 2 N–H and O–H groups in total. The molecular formula is C9H7F8N3O. The molecule has 0 aliphatic heterocycles. The maximum absolute atomic E-state index is 12.9. The third kappa shape index (κ3) is 3.61. The first kappa shape index (κ1) is 17.2. The zero-order valence-electron chi connectivity index (χ0n) is 9.90. The highest BCUT2D eigenvalue weighted by atomic mass is 19.4. The Kier molecular flexibility index (Phi) is 4.48. The van der Waals surface area contributed by atoms with Gasteiger partial charge in [0, 0.05) is 0 Å². The zero-order chi connectivity index (χ0) is 16.5. The first-order valence-electron chi connectivity index (χ1n) is 5.11. The van der Waals surface area contributed by atoms with Crippen molar-refractivity contribution in [3.8, 4) is 6.01 Å². The Morgan fingerprint density at radius 3 is 2.14 bits per heavy atom. The standard InChI is InChI=1S/C9H7F8N3O/c10-4-3-19-6(20-5(4)18)21-2-1-7(11,12)8(13,14)9(15,16)17/h3H,1-2H2,(H2,18,19,20). The lowest BCUT2D eigenvalue weighted by Crippen LogP contribution is -2.52. The molecule has 0 aliphatic carbocycles. The maximum atomic E-state index is 12.9. The minimum Gasteiger partial charge on any atom is -0.463 e. The van der Waals surface area contributed by atoms with E-state index in [1.54, 1.807) is 0 Å². The molecule has 0 fully saturated rings. The Bertz CT molecular complexity index is 504. The predicted octanol–water partition coefficient (Wildman–Crippen LogP) is 2.80. The van der Waals surface area contributed by atoms with Crippen LogP contribution in [-0.4, -0.2) is 34.6 Å². The summed E-state index contributed by atoms with van der Waals surface area (Å²) in [4.78, 5) is 6.24. The van der Waals surface area contributed by atoms with E-state index in [2.05, 4.69) is 14.7 Å². The summed E-state index contributed by atoms with van der Waals surface area (Å²) in [6.45, 7) is -1.26. The van der Waals surface area contributed by atoms with Crippen LogP contribution in [0.25, 0.3) is 0 Å². The minimum absolute atomic E-state index is 0.514. The minimum atomic E-state index is -6.41. The summed E-state index contributed by atoms with van der Waals surface area (Å²) in [5.74, 6) is -13.4. The highest BCUT2D eigenvalue weighted by Gasteiger charge is 2.72. The van der Waals surface area contributed by atoms with Crippen LogP contribution in [0, 0.1) is 5.82 Å². The Morgan fingerprint density at radius 1 is 1.10 bits per heavy atom. The Labute approximate surface area is 111 Å². The second-order valence-electron chi connectivity index (χ2n) is 3.76. The second kappa shape index (κ2) is 5.48. The van der Waals surface area contributed by atoms with Crippen LogP contribution in [0.4, 0.5) is 40.9 Å². The third-order valence-electron chi connectivity index (χ3n) is 2.21. The van der Waals surface area contributed by atoms with Gasteiger partial charge in [0.15, 0.2) is 11.6 Å². The molecule has 0 amide bonds. The van der Waals surface area contributed by atoms with Crippen LogP contribution in [0.3, 0.4) is 0 Å². The van der Waals surface area contributed by atoms with Gasteiger partial charge in [0.2, 0.25) is 0 Å². The van der Waals surface area contributed by atoms with Gasteiger partial charge in [0.05, 0.1) is 19.2 Å². The van der Waals surface area contributed by atoms with E-state index < -0.39 is 48.7 Å². The fourth-order valence-electron chi connectivity index (χ4n) is 1.07. The number of hydrogen-bond donors (Lipinski definition) is 1. The van der Waals surface area contributed by atoms with Crippen LogP contribution in [0.15, 0.2) is 6.20 Å². The van der Waals surface area contributed by atoms with Gasteiger partial charge in [-0.15, -0.1) is 0 Å². The van der Waals surface area contributed by atoms with E-state index in [9.17, 15) is 35.1 Å². The van der Waals surface area contributed by atoms with Gasteiger partial charge in [0.1, 0.15) is 0 Å². The fourth-order valence-corrected chi connectivity index (χ4v) is 1.07. The van der Waals surface area contributed by atoms with Crippen molar-refractivity contribution >= 4 is 5.82 Å². The molecule has 0 saturated heterocycles. The van der Waals surface area contributed by atoms with Gasteiger partial charge in [-0.1, -0.05) is 0 Å². The molecule has 0 unspecified atom stereocenters. The van der Waals surface area contributed by atoms with E-state index in [-0.39, 0.29) is 0 Å². The van der Waals surface area contributed by atoms with Gasteiger partial charge in [-0.2, -0.15) is 35.7 Å². The van der Waals surface area contributed by atoms with Gasteiger partial charge in [-0.05, 0) is 0 Å². The molecular weight excluding hydrogens is 318 g/mol. The van der Waals surface area contributed by atoms with Crippen LogP contribution in [0.2, 0.25) is 0 Å². The number of aromatic nitrogens is 2. The first-order valence-corrected chi connectivity index (χ1v) is 5.11. The SMILES string of the molecule is Nc1nc(OCCC(F)(F)C(F)(F)C(F)(F)F)ncc1F. The molecule has 0 atom stereocenters. The smallest absolute Gasteiger partial charge is 0.459 e. The highest BCUT2D eigenvalue weighted by Crippen LogP contribution is 2.47. The lowest BCUT2D eigenvalue weighted by molar-refractivity contribution is -0.356. The summed E-state index contributed by atoms with van der Waals surface area (Å²) in [5, 5.41) is 0. The number of hydrogen-bond acceptors (Lipinski definition) is 4. The van der Waals surface area contributed by atoms with Gasteiger partial charge in [-0.25, -0.2) is 9.37 Å². The van der Waals surface area contributed by atoms with Crippen molar-refractivity contribution < 1.29 is 39.9 Å². The summed E-state index contributed by atoms with van der Waals surface area (Å²) in [6.07, 6.45) is -7.85. The molecule has 0 spiro atoms. The van der Waals surface area contributed by atoms with Crippen molar-refractivity contribution in [1.29, 1.82) is 0 Å². The lowest BCUT2D eigenvalue weighted by Gasteiger charge is -2.27. The third-order valence-corrected chi connectivity index (χ3v) is 2.21. The number of nitrogens with zero attached hydrogens (tertiary/aromatic N) is 2. The summed E-state index contributed by atoms with van der Waals surface area (Å²) in [7, 11) is 0. The zero-order valence-corrected chi connectivity index (χ0v) is 9.90. The normalized spacial score (nSPS) is 13.3. The summed E-state index contributed by atoms with van der Waals surface area (Å²) < 4.78 is 103. The van der Waals surface area contributed by atoms with Crippen LogP contribution < -0.4 is 10.5 Å². The van der Waals surface area contributed by atoms with Gasteiger partial charge in [0.25, 0.3) is 0 Å². The number of nitrogen functional groups attached to an aromatic ring is 1. The number of halogens is 8. The molecule has 21 heavy (non-hydrogen) atoms. The van der Waals surface area contributed by atoms with Crippen molar-refractivity contribution in [3.63, 3.8) is 0 Å². The first-order chi connectivity index (χ1) is 9.38. The van der Waals surface area contributed by atoms with Gasteiger partial charge >= 0.3 is 24.0 Å². The van der Waals surface area contributed by atoms with Crippen LogP contribution >= 0.6 is 0 Å². The lowest BCUT2D eigenvalue weighted by atomic mass is 10.1. The van der Waals surface area contributed by atoms with Crippen LogP contribution in [0.5, 0.6) is 6.01 Å². The predicted molar refractivity (Wildman–Crippen MR) is 52.5 cm³/mol. The summed E-state index contributed by atoms with van der Waals surface area (Å²) in [6, 6.07) is -0.736. The second-order valence-corrected chi connectivity index (χ2v) is 3.76. The Balaban J connectivity index is 2.68. The molecule has 4 nitrogen and oxygen atoms in total. The van der Waals surface area contributed by atoms with Crippen LogP contribution in [0.1, 0.15) is 6.42 Å². The molecule has 1 aromatic rings. The molecule has 0 saturated carbocycles. The van der Waals surface area contributed by atoms with Crippen LogP contribution in [-0.2, 0) is 0 Å². The molecule has 1 aromatic heterocycles. The number of nitrogens with two attached hydrogens (primary N) is 1. The van der Waals surface area contributed by atoms with E-state index in [1.807, 2.05) is 0 Å². The highest BCUT2D eigenvalue weighted by molar-refractivity contribution is 5.28. The van der Waals surface area contributed by atoms with Crippen molar-refractivity contribution in [2.75, 3.05) is 12.3 Å². The summed E-state index contributed by atoms with van der Waals surface area (Å²) in [5.41, 5.74) is 4.98. The number of rotatable bonds is 5. The number of ether oxygens (including phenoxy) is 1. The quantitative estimate of drug-likeness (QED) is 0.846. The van der Waals surface area contributed by atoms with E-state index in [0.29, 0.717) is 6.20 Å². The van der Waals surface area contributed by atoms with Gasteiger partial charge < -0.3 is 10.5 Å². The fraction of sp³-hybridized carbons (Fsp3) is 0.556. The van der Waals surface area contributed by atoms with Crippen molar-refractivity contribution in [2.24, 2.45) is 0 Å². The average molecular weight is 325 g/mol. The molecule has 0 radical (unpaired) electrons. The van der Waals surface area contributed by atoms with Crippen molar-refractivity contribution in [1.82, 2.24) is 9.97 Å². The molecule has 0 aliphatic rings. The molecule has 120 valence electrons. The average Bonchev–Trinajstić information content (AvgIpc) is 2.32. The van der Waals surface area contributed by atoms with E-state index in [0.717, 1.165) is 0 Å². The Morgan fingerprint density at radius 2 is 1.67 bits per heavy atom. The monoisotopic (exact) mass is 325 g/mol. The molecule has 12 heteroatoms. The van der Waals surface area contributed by atoms with Gasteiger partial charge in [-0.3, -0.25) is 0 Å². The molecule has 1 heterocycles. The number of anilines is 1. The van der Waals surface area contributed by atoms with E-state index in [4.69, 9.17) is 5.73 Å². The molecule has 0 bridgehead atoms. The van der Waals surface area contributed by atoms with Crippen molar-refractivity contribution in [2.45, 2.75) is 24.4 Å². The van der Waals surface area contributed by atoms with Crippen molar-refractivity contribution in [3.05, 3.63) is 12.0 Å². The summed E-state index contributed by atoms with van der Waals surface area (Å²) >= 11 is 0.